The Balaban J connectivity index is 1.30. The zero-order chi connectivity index (χ0) is 23.6. The van der Waals surface area contributed by atoms with E-state index in [2.05, 4.69) is 37.0 Å². The number of aromatic hydroxyl groups is 1. The quantitative estimate of drug-likeness (QED) is 0.164. The third-order valence-corrected chi connectivity index (χ3v) is 6.20. The van der Waals surface area contributed by atoms with Gasteiger partial charge < -0.3 is 25.3 Å². The molecule has 5 N–H and O–H groups in total. The lowest BCUT2D eigenvalue weighted by atomic mass is 10.1. The Kier molecular flexibility index (Phi) is 6.80. The van der Waals surface area contributed by atoms with Gasteiger partial charge in [0.2, 0.25) is 10.0 Å². The van der Waals surface area contributed by atoms with Crippen LogP contribution in [0.3, 0.4) is 0 Å². The van der Waals surface area contributed by atoms with Crippen LogP contribution in [0.2, 0.25) is 0 Å². The van der Waals surface area contributed by atoms with Crippen molar-refractivity contribution >= 4 is 53.4 Å². The minimum Gasteiger partial charge on any atom is -0.506 e. The van der Waals surface area contributed by atoms with Crippen LogP contribution in [0.4, 0.5) is 5.69 Å². The van der Waals surface area contributed by atoms with Crippen LogP contribution in [0.5, 0.6) is 11.5 Å². The molecule has 8 nitrogen and oxygen atoms in total. The van der Waals surface area contributed by atoms with Crippen LogP contribution in [0.1, 0.15) is 11.7 Å². The second kappa shape index (κ2) is 9.60. The first-order valence-corrected chi connectivity index (χ1v) is 12.9. The number of hydrogen-bond donors (Lipinski definition) is 5. The number of sulfonamides is 1. The van der Waals surface area contributed by atoms with Gasteiger partial charge in [0.25, 0.3) is 0 Å². The summed E-state index contributed by atoms with van der Waals surface area (Å²) in [7, 11) is -3.54. The first-order chi connectivity index (χ1) is 15.7. The smallest absolute Gasteiger partial charge is 0.229 e. The molecule has 0 spiro atoms. The lowest BCUT2D eigenvalue weighted by Gasteiger charge is -2.15. The molecule has 0 saturated heterocycles. The topological polar surface area (TPSA) is 124 Å². The predicted octanol–water partition coefficient (Wildman–Crippen LogP) is 3.86. The van der Waals surface area contributed by atoms with Gasteiger partial charge in [0.05, 0.1) is 23.6 Å². The van der Waals surface area contributed by atoms with Crippen LogP contribution in [0, 0.1) is 0 Å². The number of anilines is 1. The SMILES string of the molecule is CS(=O)(=O)Nc1cc([C@H](O)CNCCOc2ccc3c(c2)[nH]c2cc(Br)ccc23)ccc1O. The van der Waals surface area contributed by atoms with Crippen molar-refractivity contribution < 1.29 is 23.4 Å². The molecule has 1 atom stereocenters. The summed E-state index contributed by atoms with van der Waals surface area (Å²) >= 11 is 3.49. The van der Waals surface area contributed by atoms with E-state index in [-0.39, 0.29) is 18.0 Å². The van der Waals surface area contributed by atoms with Crippen molar-refractivity contribution in [2.45, 2.75) is 6.10 Å². The van der Waals surface area contributed by atoms with Crippen LogP contribution in [0.25, 0.3) is 21.8 Å². The van der Waals surface area contributed by atoms with Crippen molar-refractivity contribution in [2.75, 3.05) is 30.7 Å². The van der Waals surface area contributed by atoms with Gasteiger partial charge in [0.1, 0.15) is 18.1 Å². The Hall–Kier alpha value is -2.79. The van der Waals surface area contributed by atoms with Crippen molar-refractivity contribution in [1.82, 2.24) is 10.3 Å². The van der Waals surface area contributed by atoms with E-state index in [1.54, 1.807) is 6.07 Å². The summed E-state index contributed by atoms with van der Waals surface area (Å²) < 4.78 is 31.9. The second-order valence-electron chi connectivity index (χ2n) is 7.74. The number of ether oxygens (including phenoxy) is 1. The summed E-state index contributed by atoms with van der Waals surface area (Å²) in [6.45, 7) is 1.14. The molecule has 1 heterocycles. The van der Waals surface area contributed by atoms with Gasteiger partial charge >= 0.3 is 0 Å². The molecule has 174 valence electrons. The zero-order valence-corrected chi connectivity index (χ0v) is 20.2. The number of nitrogens with one attached hydrogen (secondary N) is 3. The molecule has 4 rings (SSSR count). The first-order valence-electron chi connectivity index (χ1n) is 10.2. The normalized spacial score (nSPS) is 12.8. The number of aromatic amines is 1. The Morgan fingerprint density at radius 2 is 1.79 bits per heavy atom. The highest BCUT2D eigenvalue weighted by Crippen LogP contribution is 2.30. The van der Waals surface area contributed by atoms with Crippen molar-refractivity contribution in [3.63, 3.8) is 0 Å². The standard InChI is InChI=1S/C23H24BrN3O5S/c1-33(30,31)27-21-10-14(2-7-22(21)28)23(29)13-25-8-9-32-16-4-6-18-17-5-3-15(24)11-19(17)26-20(18)12-16/h2-7,10-12,23,25-29H,8-9,13H2,1H3/t23-/m1/s1. The number of phenolic OH excluding ortho intramolecular Hbond substituents is 1. The van der Waals surface area contributed by atoms with Crippen molar-refractivity contribution in [1.29, 1.82) is 0 Å². The fourth-order valence-electron chi connectivity index (χ4n) is 3.59. The number of benzene rings is 3. The number of hydrogen-bond acceptors (Lipinski definition) is 6. The van der Waals surface area contributed by atoms with Crippen LogP contribution in [0.15, 0.2) is 59.1 Å². The maximum atomic E-state index is 11.4. The summed E-state index contributed by atoms with van der Waals surface area (Å²) in [4.78, 5) is 3.40. The van der Waals surface area contributed by atoms with E-state index in [0.29, 0.717) is 18.7 Å². The number of aromatic nitrogens is 1. The largest absolute Gasteiger partial charge is 0.506 e. The van der Waals surface area contributed by atoms with Crippen molar-refractivity contribution in [2.24, 2.45) is 0 Å². The number of rotatable bonds is 9. The molecule has 1 aromatic heterocycles. The Morgan fingerprint density at radius 1 is 1.06 bits per heavy atom. The van der Waals surface area contributed by atoms with E-state index in [1.807, 2.05) is 30.3 Å². The molecule has 0 bridgehead atoms. The van der Waals surface area contributed by atoms with E-state index in [4.69, 9.17) is 4.74 Å². The first kappa shape index (κ1) is 23.4. The highest BCUT2D eigenvalue weighted by atomic mass is 79.9. The predicted molar refractivity (Wildman–Crippen MR) is 133 cm³/mol. The molecule has 33 heavy (non-hydrogen) atoms. The lowest BCUT2D eigenvalue weighted by Crippen LogP contribution is -2.26. The number of H-pyrrole nitrogens is 1. The zero-order valence-electron chi connectivity index (χ0n) is 17.8. The number of aliphatic hydroxyl groups is 1. The molecule has 4 aromatic rings. The molecule has 0 saturated carbocycles. The van der Waals surface area contributed by atoms with Crippen LogP contribution in [-0.2, 0) is 10.0 Å². The minimum absolute atomic E-state index is 0.0251. The fraction of sp³-hybridized carbons (Fsp3) is 0.217. The van der Waals surface area contributed by atoms with Crippen molar-refractivity contribution in [3.05, 3.63) is 64.6 Å². The average Bonchev–Trinajstić information content (AvgIpc) is 3.10. The Labute approximate surface area is 199 Å². The van der Waals surface area contributed by atoms with Crippen LogP contribution < -0.4 is 14.8 Å². The van der Waals surface area contributed by atoms with Gasteiger partial charge in [-0.3, -0.25) is 4.72 Å². The highest BCUT2D eigenvalue weighted by molar-refractivity contribution is 9.10. The van der Waals surface area contributed by atoms with Crippen LogP contribution in [-0.4, -0.2) is 49.6 Å². The van der Waals surface area contributed by atoms with E-state index in [9.17, 15) is 18.6 Å². The summed E-state index contributed by atoms with van der Waals surface area (Å²) in [5.41, 5.74) is 2.55. The molecule has 0 aliphatic rings. The highest BCUT2D eigenvalue weighted by Gasteiger charge is 2.13. The van der Waals surface area contributed by atoms with Gasteiger partial charge in [-0.2, -0.15) is 0 Å². The summed E-state index contributed by atoms with van der Waals surface area (Å²) in [6.07, 6.45) is 0.110. The van der Waals surface area contributed by atoms with E-state index < -0.39 is 16.1 Å². The van der Waals surface area contributed by atoms with Gasteiger partial charge in [-0.05, 0) is 42.0 Å². The average molecular weight is 534 g/mol. The monoisotopic (exact) mass is 533 g/mol. The summed E-state index contributed by atoms with van der Waals surface area (Å²) in [6, 6.07) is 16.3. The molecule has 0 unspecified atom stereocenters. The Bertz CT molecular complexity index is 1400. The van der Waals surface area contributed by atoms with Crippen LogP contribution >= 0.6 is 15.9 Å². The molecule has 0 radical (unpaired) electrons. The molecule has 0 amide bonds. The van der Waals surface area contributed by atoms with Gasteiger partial charge in [-0.15, -0.1) is 0 Å². The van der Waals surface area contributed by atoms with E-state index in [0.717, 1.165) is 38.3 Å². The van der Waals surface area contributed by atoms with Gasteiger partial charge in [-0.1, -0.05) is 28.1 Å². The summed E-state index contributed by atoms with van der Waals surface area (Å²) in [5, 5.41) is 25.6. The molecular weight excluding hydrogens is 510 g/mol. The van der Waals surface area contributed by atoms with Gasteiger partial charge in [0, 0.05) is 39.9 Å². The number of phenols is 1. The van der Waals surface area contributed by atoms with Gasteiger partial charge in [0.15, 0.2) is 0 Å². The second-order valence-corrected chi connectivity index (χ2v) is 10.4. The number of fused-ring (bicyclic) bond motifs is 3. The molecule has 0 aliphatic carbocycles. The number of aliphatic hydroxyl groups excluding tert-OH is 1. The maximum absolute atomic E-state index is 11.4. The molecule has 10 heteroatoms. The molecular formula is C23H24BrN3O5S. The molecule has 3 aromatic carbocycles. The Morgan fingerprint density at radius 3 is 2.55 bits per heavy atom. The number of halogens is 1. The van der Waals surface area contributed by atoms with E-state index >= 15 is 0 Å². The van der Waals surface area contributed by atoms with Gasteiger partial charge in [-0.25, -0.2) is 8.42 Å². The van der Waals surface area contributed by atoms with Crippen molar-refractivity contribution in [3.8, 4) is 11.5 Å². The molecule has 0 fully saturated rings. The lowest BCUT2D eigenvalue weighted by molar-refractivity contribution is 0.172. The summed E-state index contributed by atoms with van der Waals surface area (Å²) in [5.74, 6) is 0.530. The van der Waals surface area contributed by atoms with E-state index in [1.165, 1.54) is 12.1 Å². The third kappa shape index (κ3) is 5.77. The fourth-order valence-corrected chi connectivity index (χ4v) is 4.52. The molecule has 0 aliphatic heterocycles. The minimum atomic E-state index is -3.54. The third-order valence-electron chi connectivity index (χ3n) is 5.12. The maximum Gasteiger partial charge on any atom is 0.229 e.